The Labute approximate surface area is 114 Å². The fourth-order valence-electron chi connectivity index (χ4n) is 1.23. The number of nitrogens with zero attached hydrogens (tertiary/aromatic N) is 2. The highest BCUT2D eigenvalue weighted by molar-refractivity contribution is 6.29. The number of allylic oxidation sites excluding steroid dienone is 1. The Morgan fingerprint density at radius 2 is 2.26 bits per heavy atom. The number of hydrogen-bond acceptors (Lipinski definition) is 5. The van der Waals surface area contributed by atoms with E-state index in [-0.39, 0.29) is 11.3 Å². The molecule has 7 nitrogen and oxygen atoms in total. The maximum Gasteiger partial charge on any atom is 0.325 e. The van der Waals surface area contributed by atoms with Crippen molar-refractivity contribution in [3.63, 3.8) is 0 Å². The molecule has 1 heterocycles. The Morgan fingerprint density at radius 1 is 1.58 bits per heavy atom. The van der Waals surface area contributed by atoms with Crippen molar-refractivity contribution in [2.75, 3.05) is 14.1 Å². The van der Waals surface area contributed by atoms with Gasteiger partial charge in [0.1, 0.15) is 5.16 Å². The van der Waals surface area contributed by atoms with Crippen molar-refractivity contribution in [3.05, 3.63) is 56.6 Å². The van der Waals surface area contributed by atoms with Gasteiger partial charge in [0.15, 0.2) is 0 Å². The van der Waals surface area contributed by atoms with Crippen LogP contribution in [0.25, 0.3) is 0 Å². The van der Waals surface area contributed by atoms with Crippen LogP contribution in [0.4, 0.5) is 0 Å². The van der Waals surface area contributed by atoms with E-state index in [1.165, 1.54) is 23.5 Å². The zero-order chi connectivity index (χ0) is 14.4. The van der Waals surface area contributed by atoms with E-state index in [0.29, 0.717) is 5.16 Å². The highest BCUT2D eigenvalue weighted by Gasteiger charge is 2.08. The lowest BCUT2D eigenvalue weighted by atomic mass is 10.2. The van der Waals surface area contributed by atoms with Crippen molar-refractivity contribution in [1.29, 1.82) is 0 Å². The molecule has 0 aromatic carbocycles. The molecule has 102 valence electrons. The summed E-state index contributed by atoms with van der Waals surface area (Å²) in [5, 5.41) is 8.56. The largest absolute Gasteiger partial charge is 0.392 e. The Balaban J connectivity index is 3.20. The lowest BCUT2D eigenvalue weighted by Crippen LogP contribution is -2.27. The molecule has 0 aliphatic heterocycles. The minimum atomic E-state index is -0.585. The molecule has 8 heteroatoms. The molecule has 0 atom stereocenters. The zero-order valence-corrected chi connectivity index (χ0v) is 11.3. The first kappa shape index (κ1) is 14.8. The third-order valence-corrected chi connectivity index (χ3v) is 2.47. The fraction of sp³-hybridized carbons (Fsp3) is 0.182. The predicted molar refractivity (Wildman–Crippen MR) is 75.2 cm³/mol. The number of hydrazone groups is 1. The van der Waals surface area contributed by atoms with Gasteiger partial charge >= 0.3 is 5.69 Å². The van der Waals surface area contributed by atoms with Crippen LogP contribution in [0.5, 0.6) is 0 Å². The molecule has 1 aromatic heterocycles. The van der Waals surface area contributed by atoms with Crippen LogP contribution in [-0.4, -0.2) is 34.8 Å². The minimum absolute atomic E-state index is 0.190. The predicted octanol–water partition coefficient (Wildman–Crippen LogP) is 0.142. The second-order valence-electron chi connectivity index (χ2n) is 3.45. The third kappa shape index (κ3) is 3.85. The van der Waals surface area contributed by atoms with Crippen LogP contribution >= 0.6 is 11.6 Å². The molecule has 0 saturated carbocycles. The van der Waals surface area contributed by atoms with Gasteiger partial charge < -0.3 is 10.3 Å². The van der Waals surface area contributed by atoms with Crippen LogP contribution in [0, 0.1) is 0 Å². The number of H-pyrrole nitrogens is 2. The van der Waals surface area contributed by atoms with Crippen molar-refractivity contribution < 1.29 is 0 Å². The summed E-state index contributed by atoms with van der Waals surface area (Å²) >= 11 is 5.92. The maximum absolute atomic E-state index is 11.6. The highest BCUT2D eigenvalue weighted by Crippen LogP contribution is 2.07. The van der Waals surface area contributed by atoms with Crippen molar-refractivity contribution in [1.82, 2.24) is 20.3 Å². The normalized spacial score (nSPS) is 12.2. The summed E-state index contributed by atoms with van der Waals surface area (Å²) in [6.07, 6.45) is 4.19. The molecule has 0 unspecified atom stereocenters. The first-order valence-electron chi connectivity index (χ1n) is 5.29. The topological polar surface area (TPSA) is 93.3 Å². The van der Waals surface area contributed by atoms with E-state index < -0.39 is 11.2 Å². The summed E-state index contributed by atoms with van der Waals surface area (Å²) in [5.74, 6) is 0. The van der Waals surface area contributed by atoms with Crippen molar-refractivity contribution in [3.8, 4) is 0 Å². The summed E-state index contributed by atoms with van der Waals surface area (Å²) in [7, 11) is 3.31. The molecule has 1 rings (SSSR count). The first-order chi connectivity index (χ1) is 8.99. The van der Waals surface area contributed by atoms with Crippen LogP contribution < -0.4 is 16.6 Å². The molecule has 0 aliphatic carbocycles. The number of rotatable bonds is 5. The molecule has 0 aliphatic rings. The van der Waals surface area contributed by atoms with Gasteiger partial charge in [-0.2, -0.15) is 5.10 Å². The molecule has 19 heavy (non-hydrogen) atoms. The molecule has 0 amide bonds. The second-order valence-corrected chi connectivity index (χ2v) is 3.84. The van der Waals surface area contributed by atoms with Gasteiger partial charge in [0.05, 0.1) is 11.3 Å². The molecule has 0 saturated heterocycles. The number of aromatic nitrogens is 2. The summed E-state index contributed by atoms with van der Waals surface area (Å²) < 4.78 is 0. The van der Waals surface area contributed by atoms with E-state index in [0.717, 1.165) is 0 Å². The lowest BCUT2D eigenvalue weighted by Gasteiger charge is -2.12. The van der Waals surface area contributed by atoms with Crippen molar-refractivity contribution in [2.24, 2.45) is 5.10 Å². The monoisotopic (exact) mass is 283 g/mol. The van der Waals surface area contributed by atoms with Gasteiger partial charge in [0.2, 0.25) is 0 Å². The minimum Gasteiger partial charge on any atom is -0.392 e. The molecular weight excluding hydrogens is 270 g/mol. The quantitative estimate of drug-likeness (QED) is 0.407. The Morgan fingerprint density at radius 3 is 2.79 bits per heavy atom. The van der Waals surface area contributed by atoms with E-state index >= 15 is 0 Å². The van der Waals surface area contributed by atoms with E-state index in [1.807, 2.05) is 0 Å². The van der Waals surface area contributed by atoms with Crippen LogP contribution in [0.2, 0.25) is 0 Å². The average Bonchev–Trinajstić information content (AvgIpc) is 2.36. The Kier molecular flexibility index (Phi) is 5.13. The third-order valence-electron chi connectivity index (χ3n) is 2.12. The molecule has 0 fully saturated rings. The van der Waals surface area contributed by atoms with E-state index in [4.69, 9.17) is 11.6 Å². The summed E-state index contributed by atoms with van der Waals surface area (Å²) in [5.41, 5.74) is -0.666. The van der Waals surface area contributed by atoms with Crippen LogP contribution in [0.3, 0.4) is 0 Å². The van der Waals surface area contributed by atoms with Gasteiger partial charge in [-0.15, -0.1) is 0 Å². The standard InChI is InChI=1S/C11H14ClN5O2/c1-4-8(16-17(3)9(12)6-13-2)7-5-14-11(19)15-10(7)18/h4-6,13H,1H2,2-3H3,(H2,14,15,18,19)/b9-6-,16-8+. The number of halogens is 1. The van der Waals surface area contributed by atoms with E-state index in [9.17, 15) is 9.59 Å². The fourth-order valence-corrected chi connectivity index (χ4v) is 1.37. The average molecular weight is 284 g/mol. The molecule has 1 aromatic rings. The smallest absolute Gasteiger partial charge is 0.325 e. The molecular formula is C11H14ClN5O2. The summed E-state index contributed by atoms with van der Waals surface area (Å²) in [6.45, 7) is 3.58. The number of nitrogens with one attached hydrogen (secondary N) is 3. The lowest BCUT2D eigenvalue weighted by molar-refractivity contribution is 0.473. The van der Waals surface area contributed by atoms with E-state index in [1.54, 1.807) is 14.1 Å². The number of aromatic amines is 2. The van der Waals surface area contributed by atoms with Gasteiger partial charge in [-0.1, -0.05) is 18.2 Å². The maximum atomic E-state index is 11.6. The highest BCUT2D eigenvalue weighted by atomic mass is 35.5. The Hall–Kier alpha value is -2.28. The van der Waals surface area contributed by atoms with Gasteiger partial charge in [0.25, 0.3) is 5.56 Å². The van der Waals surface area contributed by atoms with Gasteiger partial charge in [-0.25, -0.2) is 4.79 Å². The van der Waals surface area contributed by atoms with Crippen LogP contribution in [-0.2, 0) is 0 Å². The van der Waals surface area contributed by atoms with Gasteiger partial charge in [0, 0.05) is 26.5 Å². The zero-order valence-electron chi connectivity index (χ0n) is 10.5. The van der Waals surface area contributed by atoms with Gasteiger partial charge in [-0.3, -0.25) is 14.8 Å². The van der Waals surface area contributed by atoms with Gasteiger partial charge in [-0.05, 0) is 6.08 Å². The van der Waals surface area contributed by atoms with Crippen LogP contribution in [0.15, 0.2) is 44.9 Å². The van der Waals surface area contributed by atoms with Crippen LogP contribution in [0.1, 0.15) is 5.56 Å². The first-order valence-corrected chi connectivity index (χ1v) is 5.67. The molecule has 0 spiro atoms. The molecule has 3 N–H and O–H groups in total. The summed E-state index contributed by atoms with van der Waals surface area (Å²) in [4.78, 5) is 27.1. The molecule has 0 bridgehead atoms. The van der Waals surface area contributed by atoms with Crippen molar-refractivity contribution >= 4 is 17.3 Å². The van der Waals surface area contributed by atoms with Crippen molar-refractivity contribution in [2.45, 2.75) is 0 Å². The molecule has 0 radical (unpaired) electrons. The van der Waals surface area contributed by atoms with E-state index in [2.05, 4.69) is 27.0 Å². The summed E-state index contributed by atoms with van der Waals surface area (Å²) in [6, 6.07) is 0. The number of hydrogen-bond donors (Lipinski definition) is 3. The Bertz CT molecular complexity index is 628. The second kappa shape index (κ2) is 6.60. The SMILES string of the molecule is C=C/C(=N\N(C)/C(Cl)=C\NC)c1c[nH]c(=O)[nH]c1=O.